The van der Waals surface area contributed by atoms with Crippen molar-refractivity contribution in [3.05, 3.63) is 73.2 Å². The van der Waals surface area contributed by atoms with E-state index in [1.54, 1.807) is 18.6 Å². The maximum atomic E-state index is 5.79. The molecule has 3 rings (SSSR count). The summed E-state index contributed by atoms with van der Waals surface area (Å²) in [4.78, 5) is 8.12. The number of hydrogen-bond donors (Lipinski definition) is 0. The maximum Gasteiger partial charge on any atom is 0.237 e. The molecule has 0 saturated heterocycles. The Morgan fingerprint density at radius 3 is 2.37 bits per heavy atom. The fraction of sp³-hybridized carbons (Fsp3) is 0. The Kier molecular flexibility index (Phi) is 3.19. The maximum absolute atomic E-state index is 5.79. The monoisotopic (exact) mass is 248 g/mol. The summed E-state index contributed by atoms with van der Waals surface area (Å²) in [7, 11) is 0. The molecule has 0 aliphatic heterocycles. The SMILES string of the molecule is c1ccc(-c2ccccc2Oc2cnccn2)cc1. The summed E-state index contributed by atoms with van der Waals surface area (Å²) in [5.41, 5.74) is 2.15. The van der Waals surface area contributed by atoms with Gasteiger partial charge in [0.2, 0.25) is 5.88 Å². The number of benzene rings is 2. The number of para-hydroxylation sites is 1. The Morgan fingerprint density at radius 1 is 0.789 bits per heavy atom. The molecule has 0 unspecified atom stereocenters. The highest BCUT2D eigenvalue weighted by atomic mass is 16.5. The van der Waals surface area contributed by atoms with Crippen molar-refractivity contribution in [3.63, 3.8) is 0 Å². The van der Waals surface area contributed by atoms with Crippen molar-refractivity contribution in [2.75, 3.05) is 0 Å². The van der Waals surface area contributed by atoms with Gasteiger partial charge in [-0.2, -0.15) is 0 Å². The Labute approximate surface area is 111 Å². The molecule has 1 heterocycles. The van der Waals surface area contributed by atoms with E-state index in [2.05, 4.69) is 22.1 Å². The van der Waals surface area contributed by atoms with Crippen LogP contribution in [0.1, 0.15) is 0 Å². The van der Waals surface area contributed by atoms with Crippen molar-refractivity contribution < 1.29 is 4.74 Å². The van der Waals surface area contributed by atoms with Gasteiger partial charge >= 0.3 is 0 Å². The van der Waals surface area contributed by atoms with E-state index in [1.807, 2.05) is 42.5 Å². The number of aromatic nitrogens is 2. The van der Waals surface area contributed by atoms with Gasteiger partial charge in [-0.3, -0.25) is 4.98 Å². The van der Waals surface area contributed by atoms with E-state index >= 15 is 0 Å². The van der Waals surface area contributed by atoms with Gasteiger partial charge in [0.25, 0.3) is 0 Å². The summed E-state index contributed by atoms with van der Waals surface area (Å²) >= 11 is 0. The molecule has 0 N–H and O–H groups in total. The zero-order valence-corrected chi connectivity index (χ0v) is 10.2. The first-order valence-electron chi connectivity index (χ1n) is 6.02. The lowest BCUT2D eigenvalue weighted by molar-refractivity contribution is 0.462. The first kappa shape index (κ1) is 11.4. The van der Waals surface area contributed by atoms with Crippen LogP contribution >= 0.6 is 0 Å². The summed E-state index contributed by atoms with van der Waals surface area (Å²) in [5, 5.41) is 0. The van der Waals surface area contributed by atoms with E-state index in [0.717, 1.165) is 16.9 Å². The van der Waals surface area contributed by atoms with Crippen molar-refractivity contribution in [1.29, 1.82) is 0 Å². The van der Waals surface area contributed by atoms with Crippen molar-refractivity contribution in [2.45, 2.75) is 0 Å². The molecule has 3 heteroatoms. The second-order valence-electron chi connectivity index (χ2n) is 4.01. The van der Waals surface area contributed by atoms with Crippen LogP contribution < -0.4 is 4.74 Å². The van der Waals surface area contributed by atoms with E-state index < -0.39 is 0 Å². The third-order valence-corrected chi connectivity index (χ3v) is 2.73. The molecular formula is C16H12N2O. The number of hydrogen-bond acceptors (Lipinski definition) is 3. The van der Waals surface area contributed by atoms with Crippen molar-refractivity contribution in [2.24, 2.45) is 0 Å². The van der Waals surface area contributed by atoms with Gasteiger partial charge in [0.05, 0.1) is 6.20 Å². The molecule has 0 saturated carbocycles. The lowest BCUT2D eigenvalue weighted by Crippen LogP contribution is -1.90. The molecule has 0 aliphatic rings. The molecule has 3 nitrogen and oxygen atoms in total. The highest BCUT2D eigenvalue weighted by molar-refractivity contribution is 5.70. The highest BCUT2D eigenvalue weighted by Gasteiger charge is 2.06. The Morgan fingerprint density at radius 2 is 1.58 bits per heavy atom. The van der Waals surface area contributed by atoms with Crippen LogP contribution in [0.25, 0.3) is 11.1 Å². The minimum Gasteiger partial charge on any atom is -0.437 e. The summed E-state index contributed by atoms with van der Waals surface area (Å²) in [6, 6.07) is 18.0. The average molecular weight is 248 g/mol. The zero-order valence-electron chi connectivity index (χ0n) is 10.2. The van der Waals surface area contributed by atoms with Crippen LogP contribution in [0.5, 0.6) is 11.6 Å². The molecule has 19 heavy (non-hydrogen) atoms. The predicted octanol–water partition coefficient (Wildman–Crippen LogP) is 3.94. The van der Waals surface area contributed by atoms with Crippen LogP contribution in [0.3, 0.4) is 0 Å². The van der Waals surface area contributed by atoms with Crippen molar-refractivity contribution >= 4 is 0 Å². The third kappa shape index (κ3) is 2.60. The molecule has 0 amide bonds. The Hall–Kier alpha value is -2.68. The van der Waals surface area contributed by atoms with Crippen LogP contribution in [0, 0.1) is 0 Å². The molecule has 2 aromatic carbocycles. The molecule has 0 bridgehead atoms. The normalized spacial score (nSPS) is 10.1. The Bertz CT molecular complexity index is 654. The smallest absolute Gasteiger partial charge is 0.237 e. The highest BCUT2D eigenvalue weighted by Crippen LogP contribution is 2.31. The minimum absolute atomic E-state index is 0.492. The van der Waals surface area contributed by atoms with E-state index in [4.69, 9.17) is 4.74 Å². The van der Waals surface area contributed by atoms with E-state index in [0.29, 0.717) is 5.88 Å². The first-order valence-corrected chi connectivity index (χ1v) is 6.02. The first-order chi connectivity index (χ1) is 9.43. The van der Waals surface area contributed by atoms with Crippen LogP contribution in [0.15, 0.2) is 73.2 Å². The van der Waals surface area contributed by atoms with Gasteiger partial charge in [0.1, 0.15) is 5.75 Å². The molecule has 0 aliphatic carbocycles. The molecule has 0 fully saturated rings. The van der Waals surface area contributed by atoms with Crippen molar-refractivity contribution in [1.82, 2.24) is 9.97 Å². The molecule has 0 spiro atoms. The molecule has 0 atom stereocenters. The summed E-state index contributed by atoms with van der Waals surface area (Å²) < 4.78 is 5.79. The predicted molar refractivity (Wildman–Crippen MR) is 74.0 cm³/mol. The minimum atomic E-state index is 0.492. The second kappa shape index (κ2) is 5.31. The Balaban J connectivity index is 1.99. The van der Waals surface area contributed by atoms with Gasteiger partial charge in [0, 0.05) is 18.0 Å². The van der Waals surface area contributed by atoms with Crippen LogP contribution in [0.4, 0.5) is 0 Å². The second-order valence-corrected chi connectivity index (χ2v) is 4.01. The molecule has 3 aromatic rings. The topological polar surface area (TPSA) is 35.0 Å². The largest absolute Gasteiger partial charge is 0.437 e. The van der Waals surface area contributed by atoms with Crippen LogP contribution in [-0.4, -0.2) is 9.97 Å². The van der Waals surface area contributed by atoms with Gasteiger partial charge in [-0.25, -0.2) is 4.98 Å². The molecular weight excluding hydrogens is 236 g/mol. The fourth-order valence-electron chi connectivity index (χ4n) is 1.86. The molecule has 1 aromatic heterocycles. The lowest BCUT2D eigenvalue weighted by Gasteiger charge is -2.10. The zero-order chi connectivity index (χ0) is 12.9. The van der Waals surface area contributed by atoms with Gasteiger partial charge < -0.3 is 4.74 Å². The third-order valence-electron chi connectivity index (χ3n) is 2.73. The summed E-state index contributed by atoms with van der Waals surface area (Å²) in [6.07, 6.45) is 4.83. The number of ether oxygens (including phenoxy) is 1. The number of rotatable bonds is 3. The van der Waals surface area contributed by atoms with Gasteiger partial charge in [-0.05, 0) is 11.6 Å². The molecule has 0 radical (unpaired) electrons. The van der Waals surface area contributed by atoms with E-state index in [1.165, 1.54) is 0 Å². The standard InChI is InChI=1S/C16H12N2O/c1-2-6-13(7-3-1)14-8-4-5-9-15(14)19-16-12-17-10-11-18-16/h1-12H. The summed E-state index contributed by atoms with van der Waals surface area (Å²) in [5.74, 6) is 1.26. The van der Waals surface area contributed by atoms with Gasteiger partial charge in [0.15, 0.2) is 0 Å². The van der Waals surface area contributed by atoms with Gasteiger partial charge in [-0.15, -0.1) is 0 Å². The quantitative estimate of drug-likeness (QED) is 0.704. The van der Waals surface area contributed by atoms with E-state index in [-0.39, 0.29) is 0 Å². The lowest BCUT2D eigenvalue weighted by atomic mass is 10.1. The fourth-order valence-corrected chi connectivity index (χ4v) is 1.86. The van der Waals surface area contributed by atoms with E-state index in [9.17, 15) is 0 Å². The van der Waals surface area contributed by atoms with Gasteiger partial charge in [-0.1, -0.05) is 48.5 Å². The average Bonchev–Trinajstić information content (AvgIpc) is 2.50. The number of nitrogens with zero attached hydrogens (tertiary/aromatic N) is 2. The van der Waals surface area contributed by atoms with Crippen LogP contribution in [0.2, 0.25) is 0 Å². The van der Waals surface area contributed by atoms with Crippen molar-refractivity contribution in [3.8, 4) is 22.8 Å². The van der Waals surface area contributed by atoms with Crippen LogP contribution in [-0.2, 0) is 0 Å². The summed E-state index contributed by atoms with van der Waals surface area (Å²) in [6.45, 7) is 0. The molecule has 92 valence electrons.